The van der Waals surface area contributed by atoms with Crippen molar-refractivity contribution in [1.82, 2.24) is 4.57 Å². The SMILES string of the molecule is C=CCOc1ccc([C@@H]2C(C(=O)OCC)=C(C)N=c3sc(=Cc4ccc(OCC(=O)OC)c(OCC)c4)c(=O)n32)cc1OCC. The maximum atomic E-state index is 14.1. The molecule has 12 heteroatoms. The molecule has 0 bridgehead atoms. The van der Waals surface area contributed by atoms with Crippen LogP contribution in [-0.2, 0) is 19.1 Å². The van der Waals surface area contributed by atoms with Crippen molar-refractivity contribution in [2.45, 2.75) is 33.7 Å². The van der Waals surface area contributed by atoms with Crippen molar-refractivity contribution < 1.29 is 38.0 Å². The van der Waals surface area contributed by atoms with Gasteiger partial charge in [-0.2, -0.15) is 0 Å². The van der Waals surface area contributed by atoms with Gasteiger partial charge in [0.05, 0.1) is 48.8 Å². The summed E-state index contributed by atoms with van der Waals surface area (Å²) >= 11 is 1.20. The fraction of sp³-hybridized carbons (Fsp3) is 0.333. The number of allylic oxidation sites excluding steroid dienone is 1. The average molecular weight is 637 g/mol. The molecule has 1 aliphatic rings. The minimum atomic E-state index is -0.830. The lowest BCUT2D eigenvalue weighted by molar-refractivity contribution is -0.143. The van der Waals surface area contributed by atoms with E-state index in [2.05, 4.69) is 16.3 Å². The second-order valence-electron chi connectivity index (χ2n) is 9.55. The summed E-state index contributed by atoms with van der Waals surface area (Å²) in [4.78, 5) is 44.0. The molecule has 0 amide bonds. The highest BCUT2D eigenvalue weighted by Crippen LogP contribution is 2.36. The first-order valence-electron chi connectivity index (χ1n) is 14.4. The van der Waals surface area contributed by atoms with Gasteiger partial charge in [0.2, 0.25) is 0 Å². The molecular formula is C33H36N2O9S. The lowest BCUT2D eigenvalue weighted by atomic mass is 9.95. The summed E-state index contributed by atoms with van der Waals surface area (Å²) in [5, 5.41) is 0. The number of aromatic nitrogens is 1. The van der Waals surface area contributed by atoms with Gasteiger partial charge in [-0.25, -0.2) is 14.6 Å². The lowest BCUT2D eigenvalue weighted by Crippen LogP contribution is -2.40. The van der Waals surface area contributed by atoms with E-state index in [0.29, 0.717) is 62.4 Å². The van der Waals surface area contributed by atoms with Crippen LogP contribution in [0.15, 0.2) is 70.1 Å². The maximum Gasteiger partial charge on any atom is 0.343 e. The summed E-state index contributed by atoms with van der Waals surface area (Å²) in [5.41, 5.74) is 1.65. The van der Waals surface area contributed by atoms with Crippen molar-refractivity contribution in [1.29, 1.82) is 0 Å². The normalized spacial score (nSPS) is 14.2. The van der Waals surface area contributed by atoms with E-state index in [1.165, 1.54) is 23.0 Å². The van der Waals surface area contributed by atoms with Crippen LogP contribution in [0.5, 0.6) is 23.0 Å². The minimum Gasteiger partial charge on any atom is -0.490 e. The highest BCUT2D eigenvalue weighted by Gasteiger charge is 2.34. The van der Waals surface area contributed by atoms with E-state index in [-0.39, 0.29) is 31.0 Å². The zero-order valence-corrected chi connectivity index (χ0v) is 26.7. The molecule has 0 saturated carbocycles. The van der Waals surface area contributed by atoms with Crippen molar-refractivity contribution in [3.8, 4) is 23.0 Å². The van der Waals surface area contributed by atoms with Gasteiger partial charge >= 0.3 is 11.9 Å². The molecule has 0 unspecified atom stereocenters. The van der Waals surface area contributed by atoms with E-state index < -0.39 is 18.0 Å². The van der Waals surface area contributed by atoms with Crippen LogP contribution in [0.3, 0.4) is 0 Å². The standard InChI is InChI=1S/C33H36N2O9S/c1-7-15-43-23-14-12-22(18-26(23)41-9-3)30-29(32(38)42-10-4)20(5)34-33-35(30)31(37)27(45-33)17-21-11-13-24(25(16-21)40-8-2)44-19-28(36)39-6/h7,11-14,16-18,30H,1,8-10,15,19H2,2-6H3/t30-/m1/s1. The first kappa shape index (κ1) is 33.1. The Morgan fingerprint density at radius 1 is 0.956 bits per heavy atom. The number of methoxy groups -OCH3 is 1. The summed E-state index contributed by atoms with van der Waals surface area (Å²) in [5.74, 6) is 0.656. The fourth-order valence-corrected chi connectivity index (χ4v) is 5.73. The molecule has 0 saturated heterocycles. The van der Waals surface area contributed by atoms with Crippen LogP contribution < -0.4 is 33.8 Å². The molecule has 1 aliphatic heterocycles. The molecule has 3 aromatic rings. The van der Waals surface area contributed by atoms with Crippen LogP contribution in [0.1, 0.15) is 44.9 Å². The summed E-state index contributed by atoms with van der Waals surface area (Å²) in [6.07, 6.45) is 3.35. The van der Waals surface area contributed by atoms with Crippen LogP contribution in [0.4, 0.5) is 0 Å². The van der Waals surface area contributed by atoms with Gasteiger partial charge in [-0.1, -0.05) is 36.1 Å². The molecule has 238 valence electrons. The second-order valence-corrected chi connectivity index (χ2v) is 10.6. The van der Waals surface area contributed by atoms with Crippen molar-refractivity contribution in [2.75, 3.05) is 40.1 Å². The molecule has 45 heavy (non-hydrogen) atoms. The van der Waals surface area contributed by atoms with Gasteiger partial charge in [0, 0.05) is 0 Å². The van der Waals surface area contributed by atoms with Crippen LogP contribution in [0, 0.1) is 0 Å². The third-order valence-corrected chi connectivity index (χ3v) is 7.58. The van der Waals surface area contributed by atoms with Gasteiger partial charge in [-0.05, 0) is 69.2 Å². The first-order valence-corrected chi connectivity index (χ1v) is 15.2. The number of hydrogen-bond donors (Lipinski definition) is 0. The van der Waals surface area contributed by atoms with Gasteiger partial charge in [0.1, 0.15) is 6.61 Å². The third-order valence-electron chi connectivity index (χ3n) is 6.60. The summed E-state index contributed by atoms with van der Waals surface area (Å²) < 4.78 is 34.9. The Morgan fingerprint density at radius 3 is 2.31 bits per heavy atom. The molecule has 1 atom stereocenters. The highest BCUT2D eigenvalue weighted by molar-refractivity contribution is 7.07. The molecule has 0 fully saturated rings. The van der Waals surface area contributed by atoms with E-state index in [9.17, 15) is 14.4 Å². The smallest absolute Gasteiger partial charge is 0.343 e. The van der Waals surface area contributed by atoms with Gasteiger partial charge in [0.15, 0.2) is 34.4 Å². The number of carbonyl (C=O) groups excluding carboxylic acids is 2. The van der Waals surface area contributed by atoms with Crippen LogP contribution >= 0.6 is 11.3 Å². The largest absolute Gasteiger partial charge is 0.490 e. The molecule has 0 radical (unpaired) electrons. The van der Waals surface area contributed by atoms with E-state index in [1.807, 2.05) is 13.8 Å². The molecule has 2 aromatic carbocycles. The molecule has 1 aromatic heterocycles. The topological polar surface area (TPSA) is 124 Å². The molecule has 4 rings (SSSR count). The van der Waals surface area contributed by atoms with Crippen molar-refractivity contribution in [2.24, 2.45) is 4.99 Å². The van der Waals surface area contributed by atoms with E-state index in [4.69, 9.17) is 23.7 Å². The minimum absolute atomic E-state index is 0.160. The Morgan fingerprint density at radius 2 is 1.64 bits per heavy atom. The number of nitrogens with zero attached hydrogens (tertiary/aromatic N) is 2. The van der Waals surface area contributed by atoms with Crippen molar-refractivity contribution >= 4 is 29.4 Å². The maximum absolute atomic E-state index is 14.1. The third kappa shape index (κ3) is 7.46. The number of rotatable bonds is 14. The number of fused-ring (bicyclic) bond motifs is 1. The molecule has 11 nitrogen and oxygen atoms in total. The van der Waals surface area contributed by atoms with Gasteiger partial charge in [-0.3, -0.25) is 9.36 Å². The van der Waals surface area contributed by atoms with Gasteiger partial charge in [0.25, 0.3) is 5.56 Å². The van der Waals surface area contributed by atoms with Crippen LogP contribution in [0.2, 0.25) is 0 Å². The van der Waals surface area contributed by atoms with Crippen LogP contribution in [0.25, 0.3) is 6.08 Å². The number of ether oxygens (including phenoxy) is 6. The lowest BCUT2D eigenvalue weighted by Gasteiger charge is -2.25. The second kappa shape index (κ2) is 15.2. The summed E-state index contributed by atoms with van der Waals surface area (Å²) in [7, 11) is 1.28. The van der Waals surface area contributed by atoms with E-state index >= 15 is 0 Å². The number of benzene rings is 2. The Kier molecular flexibility index (Phi) is 11.2. The summed E-state index contributed by atoms with van der Waals surface area (Å²) in [6, 6.07) is 9.60. The number of carbonyl (C=O) groups is 2. The predicted molar refractivity (Wildman–Crippen MR) is 169 cm³/mol. The molecule has 0 spiro atoms. The summed E-state index contributed by atoms with van der Waals surface area (Å²) in [6.45, 7) is 11.7. The molecule has 0 aliphatic carbocycles. The number of esters is 2. The first-order chi connectivity index (χ1) is 21.8. The quantitative estimate of drug-likeness (QED) is 0.192. The molecular weight excluding hydrogens is 600 g/mol. The van der Waals surface area contributed by atoms with E-state index in [1.54, 1.807) is 62.4 Å². The molecule has 0 N–H and O–H groups in total. The number of hydrogen-bond acceptors (Lipinski definition) is 11. The average Bonchev–Trinajstić information content (AvgIpc) is 3.33. The van der Waals surface area contributed by atoms with Crippen molar-refractivity contribution in [3.05, 3.63) is 91.1 Å². The van der Waals surface area contributed by atoms with Crippen molar-refractivity contribution in [3.63, 3.8) is 0 Å². The van der Waals surface area contributed by atoms with Gasteiger partial charge < -0.3 is 28.4 Å². The van der Waals surface area contributed by atoms with Crippen LogP contribution in [-0.4, -0.2) is 56.6 Å². The zero-order valence-electron chi connectivity index (χ0n) is 25.9. The Hall–Kier alpha value is -4.84. The Balaban J connectivity index is 1.86. The van der Waals surface area contributed by atoms with Gasteiger partial charge in [-0.15, -0.1) is 0 Å². The Bertz CT molecular complexity index is 1790. The Labute approximate surface area is 264 Å². The number of thiazole rings is 1. The monoisotopic (exact) mass is 636 g/mol. The van der Waals surface area contributed by atoms with E-state index in [0.717, 1.165) is 0 Å². The molecule has 2 heterocycles. The predicted octanol–water partition coefficient (Wildman–Crippen LogP) is 3.71. The fourth-order valence-electron chi connectivity index (χ4n) is 4.69. The highest BCUT2D eigenvalue weighted by atomic mass is 32.1. The zero-order chi connectivity index (χ0) is 32.5.